The van der Waals surface area contributed by atoms with Crippen molar-refractivity contribution in [1.82, 2.24) is 5.32 Å². The molecule has 1 heterocycles. The van der Waals surface area contributed by atoms with Crippen LogP contribution >= 0.6 is 0 Å². The lowest BCUT2D eigenvalue weighted by Gasteiger charge is -2.33. The second-order valence-corrected chi connectivity index (χ2v) is 7.87. The average Bonchev–Trinajstić information content (AvgIpc) is 2.64. The van der Waals surface area contributed by atoms with Crippen LogP contribution in [-0.2, 0) is 14.8 Å². The maximum Gasteiger partial charge on any atom is 0.263 e. The van der Waals surface area contributed by atoms with Crippen LogP contribution in [0.4, 0.5) is 10.1 Å². The number of para-hydroxylation sites is 2. The Balaban J connectivity index is 1.58. The second-order valence-electron chi connectivity index (χ2n) is 5.96. The predicted octanol–water partition coefficient (Wildman–Crippen LogP) is 1.55. The monoisotopic (exact) mass is 394 g/mol. The fourth-order valence-electron chi connectivity index (χ4n) is 2.64. The molecule has 0 saturated carbocycles. The van der Waals surface area contributed by atoms with Crippen LogP contribution in [0.1, 0.15) is 0 Å². The van der Waals surface area contributed by atoms with E-state index in [0.29, 0.717) is 17.2 Å². The lowest BCUT2D eigenvalue weighted by Crippen LogP contribution is -2.51. The molecule has 0 bridgehead atoms. The van der Waals surface area contributed by atoms with Crippen LogP contribution in [0, 0.1) is 5.82 Å². The molecule has 3 rings (SSSR count). The van der Waals surface area contributed by atoms with E-state index in [0.717, 1.165) is 10.6 Å². The van der Waals surface area contributed by atoms with Gasteiger partial charge in [-0.15, -0.1) is 0 Å². The summed E-state index contributed by atoms with van der Waals surface area (Å²) in [4.78, 5) is 12.4. The van der Waals surface area contributed by atoms with Crippen molar-refractivity contribution in [3.05, 3.63) is 54.3 Å². The van der Waals surface area contributed by atoms with E-state index < -0.39 is 22.0 Å². The zero-order valence-electron chi connectivity index (χ0n) is 14.6. The smallest absolute Gasteiger partial charge is 0.263 e. The second kappa shape index (κ2) is 7.83. The van der Waals surface area contributed by atoms with Crippen molar-refractivity contribution < 1.29 is 27.1 Å². The summed E-state index contributed by atoms with van der Waals surface area (Å²) >= 11 is 0. The Bertz CT molecular complexity index is 918. The average molecular weight is 394 g/mol. The number of sulfonamides is 1. The predicted molar refractivity (Wildman–Crippen MR) is 98.0 cm³/mol. The number of carbonyl (C=O) groups excluding carboxylic acids is 1. The van der Waals surface area contributed by atoms with Gasteiger partial charge in [-0.3, -0.25) is 9.10 Å². The first-order valence-corrected chi connectivity index (χ1v) is 10.1. The lowest BCUT2D eigenvalue weighted by molar-refractivity contribution is -0.127. The zero-order chi connectivity index (χ0) is 19.4. The maximum atomic E-state index is 12.8. The van der Waals surface area contributed by atoms with Crippen molar-refractivity contribution in [3.63, 3.8) is 0 Å². The highest BCUT2D eigenvalue weighted by atomic mass is 32.2. The highest BCUT2D eigenvalue weighted by molar-refractivity contribution is 7.92. The van der Waals surface area contributed by atoms with Gasteiger partial charge in [0.2, 0.25) is 10.0 Å². The van der Waals surface area contributed by atoms with Crippen molar-refractivity contribution in [2.45, 2.75) is 6.10 Å². The minimum Gasteiger partial charge on any atom is -0.492 e. The van der Waals surface area contributed by atoms with Gasteiger partial charge in [0, 0.05) is 0 Å². The number of rotatable bonds is 6. The number of nitrogens with zero attached hydrogens (tertiary/aromatic N) is 1. The van der Waals surface area contributed by atoms with Crippen LogP contribution in [0.2, 0.25) is 0 Å². The number of nitrogens with one attached hydrogen (secondary N) is 1. The molecule has 0 saturated heterocycles. The van der Waals surface area contributed by atoms with E-state index in [1.165, 1.54) is 24.3 Å². The van der Waals surface area contributed by atoms with Gasteiger partial charge in [-0.2, -0.15) is 0 Å². The maximum absolute atomic E-state index is 12.8. The molecule has 1 aliphatic rings. The zero-order valence-corrected chi connectivity index (χ0v) is 15.4. The minimum atomic E-state index is -3.55. The molecule has 2 aromatic carbocycles. The standard InChI is InChI=1S/C18H19FN2O5S/c1-27(23,24)21-12-17(26-16-5-3-2-4-15(16)21)18(22)20-10-11-25-14-8-6-13(19)7-9-14/h2-9,17H,10-12H2,1H3,(H,20,22)/t17-/m1/s1. The van der Waals surface area contributed by atoms with Gasteiger partial charge in [-0.25, -0.2) is 12.8 Å². The molecule has 1 atom stereocenters. The Labute approximate surface area is 156 Å². The highest BCUT2D eigenvalue weighted by Crippen LogP contribution is 2.34. The van der Waals surface area contributed by atoms with Gasteiger partial charge in [0.05, 0.1) is 25.0 Å². The molecule has 0 fully saturated rings. The largest absolute Gasteiger partial charge is 0.492 e. The van der Waals surface area contributed by atoms with Crippen LogP contribution in [0.15, 0.2) is 48.5 Å². The third-order valence-corrected chi connectivity index (χ3v) is 5.06. The molecule has 2 aromatic rings. The molecule has 0 spiro atoms. The lowest BCUT2D eigenvalue weighted by atomic mass is 10.2. The molecular weight excluding hydrogens is 375 g/mol. The van der Waals surface area contributed by atoms with Crippen LogP contribution in [0.25, 0.3) is 0 Å². The van der Waals surface area contributed by atoms with Crippen LogP contribution in [-0.4, -0.2) is 46.4 Å². The molecule has 0 aromatic heterocycles. The summed E-state index contributed by atoms with van der Waals surface area (Å²) in [5.74, 6) is 0.00954. The molecule has 1 N–H and O–H groups in total. The van der Waals surface area contributed by atoms with E-state index in [4.69, 9.17) is 9.47 Å². The van der Waals surface area contributed by atoms with Gasteiger partial charge < -0.3 is 14.8 Å². The quantitative estimate of drug-likeness (QED) is 0.752. The molecule has 0 aliphatic carbocycles. The van der Waals surface area contributed by atoms with Crippen molar-refractivity contribution in [2.75, 3.05) is 30.3 Å². The van der Waals surface area contributed by atoms with Crippen molar-refractivity contribution >= 4 is 21.6 Å². The molecule has 27 heavy (non-hydrogen) atoms. The first-order valence-electron chi connectivity index (χ1n) is 8.24. The summed E-state index contributed by atoms with van der Waals surface area (Å²) in [6.07, 6.45) is 0.112. The number of hydrogen-bond donors (Lipinski definition) is 1. The fourth-order valence-corrected chi connectivity index (χ4v) is 3.55. The van der Waals surface area contributed by atoms with Crippen molar-refractivity contribution in [2.24, 2.45) is 0 Å². The summed E-state index contributed by atoms with van der Waals surface area (Å²) in [5.41, 5.74) is 0.406. The number of carbonyl (C=O) groups is 1. The Morgan fingerprint density at radius 1 is 1.26 bits per heavy atom. The van der Waals surface area contributed by atoms with Gasteiger partial charge in [0.1, 0.15) is 23.9 Å². The summed E-state index contributed by atoms with van der Waals surface area (Å²) in [6, 6.07) is 12.2. The van der Waals surface area contributed by atoms with Gasteiger partial charge in [0.15, 0.2) is 6.10 Å². The third kappa shape index (κ3) is 4.68. The van der Waals surface area contributed by atoms with E-state index in [1.54, 1.807) is 24.3 Å². The molecule has 1 amide bonds. The van der Waals surface area contributed by atoms with Crippen molar-refractivity contribution in [1.29, 1.82) is 0 Å². The Hall–Kier alpha value is -2.81. The number of fused-ring (bicyclic) bond motifs is 1. The van der Waals surface area contributed by atoms with Gasteiger partial charge in [-0.1, -0.05) is 12.1 Å². The summed E-state index contributed by atoms with van der Waals surface area (Å²) in [5, 5.41) is 2.65. The molecule has 144 valence electrons. The molecule has 0 radical (unpaired) electrons. The normalized spacial score (nSPS) is 16.2. The summed E-state index contributed by atoms with van der Waals surface area (Å²) in [7, 11) is -3.55. The highest BCUT2D eigenvalue weighted by Gasteiger charge is 2.34. The third-order valence-electron chi connectivity index (χ3n) is 3.91. The molecule has 7 nitrogen and oxygen atoms in total. The number of anilines is 1. The van der Waals surface area contributed by atoms with E-state index in [1.807, 2.05) is 0 Å². The molecule has 9 heteroatoms. The fraction of sp³-hybridized carbons (Fsp3) is 0.278. The number of amides is 1. The van der Waals surface area contributed by atoms with Gasteiger partial charge in [0.25, 0.3) is 5.91 Å². The number of benzene rings is 2. The van der Waals surface area contributed by atoms with E-state index in [2.05, 4.69) is 5.32 Å². The SMILES string of the molecule is CS(=O)(=O)N1C[C@H](C(=O)NCCOc2ccc(F)cc2)Oc2ccccc21. The van der Waals surface area contributed by atoms with E-state index in [-0.39, 0.29) is 25.5 Å². The molecular formula is C18H19FN2O5S. The Morgan fingerprint density at radius 3 is 2.67 bits per heavy atom. The number of halogens is 1. The van der Waals surface area contributed by atoms with Gasteiger partial charge in [-0.05, 0) is 36.4 Å². The first kappa shape index (κ1) is 19.0. The first-order chi connectivity index (χ1) is 12.8. The minimum absolute atomic E-state index is 0.111. The summed E-state index contributed by atoms with van der Waals surface area (Å²) in [6.45, 7) is 0.258. The Morgan fingerprint density at radius 2 is 1.96 bits per heavy atom. The Kier molecular flexibility index (Phi) is 5.50. The number of ether oxygens (including phenoxy) is 2. The summed E-state index contributed by atoms with van der Waals surface area (Å²) < 4.78 is 49.1. The molecule has 1 aliphatic heterocycles. The van der Waals surface area contributed by atoms with Crippen LogP contribution < -0.4 is 19.1 Å². The van der Waals surface area contributed by atoms with Crippen LogP contribution in [0.5, 0.6) is 11.5 Å². The van der Waals surface area contributed by atoms with Crippen LogP contribution in [0.3, 0.4) is 0 Å². The van der Waals surface area contributed by atoms with E-state index in [9.17, 15) is 17.6 Å². The van der Waals surface area contributed by atoms with E-state index >= 15 is 0 Å². The topological polar surface area (TPSA) is 84.9 Å². The van der Waals surface area contributed by atoms with Gasteiger partial charge >= 0.3 is 0 Å². The van der Waals surface area contributed by atoms with Crippen molar-refractivity contribution in [3.8, 4) is 11.5 Å². The number of hydrogen-bond acceptors (Lipinski definition) is 5. The molecule has 0 unspecified atom stereocenters.